The van der Waals surface area contributed by atoms with E-state index in [0.29, 0.717) is 49.9 Å². The number of H-pyrrole nitrogens is 1. The lowest BCUT2D eigenvalue weighted by molar-refractivity contribution is -0.143. The van der Waals surface area contributed by atoms with Gasteiger partial charge in [0.25, 0.3) is 0 Å². The van der Waals surface area contributed by atoms with Crippen molar-refractivity contribution in [2.75, 3.05) is 45.9 Å². The maximum Gasteiger partial charge on any atom is 0.326 e. The summed E-state index contributed by atoms with van der Waals surface area (Å²) in [5.74, 6) is -18.9. The molecule has 2 aromatic rings. The Morgan fingerprint density at radius 1 is 0.459 bits per heavy atom. The van der Waals surface area contributed by atoms with Crippen molar-refractivity contribution >= 4 is 101 Å². The van der Waals surface area contributed by atoms with Gasteiger partial charge < -0.3 is 129 Å². The average Bonchev–Trinajstić information content (AvgIpc) is 1.16. The predicted octanol–water partition coefficient (Wildman–Crippen LogP) is -8.49. The first-order valence-electron chi connectivity index (χ1n) is 36.5. The molecule has 29 N–H and O–H groups in total. The minimum atomic E-state index is -1.95. The molecule has 0 bridgehead atoms. The Hall–Kier alpha value is -10.8. The number of aromatic nitrogens is 2. The lowest BCUT2D eigenvalue weighted by Crippen LogP contribution is -2.60. The zero-order valence-electron chi connectivity index (χ0n) is 63.3. The summed E-state index contributed by atoms with van der Waals surface area (Å²) in [6, 6.07) is -9.60. The van der Waals surface area contributed by atoms with Crippen LogP contribution in [0, 0.1) is 11.8 Å². The lowest BCUT2D eigenvalue weighted by Gasteiger charge is -2.27. The van der Waals surface area contributed by atoms with E-state index in [-0.39, 0.29) is 64.0 Å². The average molecular weight is 1570 g/mol. The number of carboxylic acid groups (broad SMARTS) is 2. The SMILES string of the molecule is CC(C)C[C@H](NC(=O)[C@@H](NC(=O)CNC(=O)[C@H](CCC(N)=O)NC(=O)[C@H](C)NC(=O)[C@H](CC(=O)O)NC(=O)[C@@H](NC(=O)CNC(=O)[C@H](CCCCN)NC(=O)[C@H](Cc1ccccc1)NC(=O)CNC(=O)[C@H](CCCCN)NC(=O)[C@@H](N)Cc1cnc[nH]1)C(C)C)[C@@H](C)O)C(=O)N[C@@H](CO)C(=O)N[C@@H](CCCCN)C(=O)O. The van der Waals surface area contributed by atoms with Gasteiger partial charge in [0.1, 0.15) is 66.5 Å². The van der Waals surface area contributed by atoms with Crippen LogP contribution >= 0.6 is 0 Å². The third-order valence-corrected chi connectivity index (χ3v) is 16.8. The fourth-order valence-corrected chi connectivity index (χ4v) is 10.7. The van der Waals surface area contributed by atoms with Crippen LogP contribution in [0.1, 0.15) is 136 Å². The number of nitrogens with one attached hydrogen (secondary N) is 15. The van der Waals surface area contributed by atoms with E-state index in [1.54, 1.807) is 44.2 Å². The van der Waals surface area contributed by atoms with Gasteiger partial charge in [0.15, 0.2) is 0 Å². The van der Waals surface area contributed by atoms with Crippen LogP contribution in [0.5, 0.6) is 0 Å². The number of carbonyl (C=O) groups excluding carboxylic acids is 15. The number of amides is 15. The summed E-state index contributed by atoms with van der Waals surface area (Å²) >= 11 is 0. The number of nitrogens with zero attached hydrogens (tertiary/aromatic N) is 1. The van der Waals surface area contributed by atoms with Crippen LogP contribution in [0.3, 0.4) is 0 Å². The molecule has 0 aliphatic carbocycles. The highest BCUT2D eigenvalue weighted by atomic mass is 16.4. The number of carbonyl (C=O) groups is 17. The third-order valence-electron chi connectivity index (χ3n) is 16.8. The number of primary amides is 1. The number of aliphatic hydroxyl groups is 2. The highest BCUT2D eigenvalue weighted by molar-refractivity contribution is 6.00. The molecule has 1 aromatic heterocycles. The molecule has 0 aliphatic heterocycles. The molecule has 1 heterocycles. The molecular formula is C69H113N21O21. The standard InChI is InChI=1S/C69H113N21O21/c1-36(2)26-47(64(105)88-50(34-91)66(107)85-46(69(110)111)20-12-15-25-72)86-68(109)57(39(6)92)90-54(96)33-78-62(103)45(21-22-51(74)93)82-58(99)38(5)80-63(104)49(29-55(97)98)87-67(108)56(37(3)4)89-53(95)32-77-61(102)44(19-11-14-24-71)84-65(106)48(27-40-16-8-7-9-17-40)81-52(94)31-76-60(101)43(18-10-13-23-70)83-59(100)42(73)28-41-30-75-35-79-41/h7-9,16-17,30,35-39,42-50,56-57,91-92H,10-15,18-29,31-34,70-73H2,1-6H3,(H2,74,93)(H,75,79)(H,76,101)(H,77,102)(H,78,103)(H,80,104)(H,81,94)(H,82,99)(H,83,100)(H,84,106)(H,85,107)(H,86,109)(H,87,108)(H,88,105)(H,89,95)(H,90,96)(H,97,98)(H,110,111)/t38-,39+,42-,43-,44-,45-,46-,47-,48-,49-,50-,56-,57-/m0/s1. The van der Waals surface area contributed by atoms with Crippen LogP contribution in [0.4, 0.5) is 0 Å². The Bertz CT molecular complexity index is 3400. The van der Waals surface area contributed by atoms with E-state index in [2.05, 4.69) is 84.4 Å². The van der Waals surface area contributed by atoms with Crippen molar-refractivity contribution in [2.45, 2.75) is 216 Å². The number of unbranched alkanes of at least 4 members (excludes halogenated alkanes) is 3. The molecule has 0 saturated heterocycles. The molecule has 15 amide bonds. The summed E-state index contributed by atoms with van der Waals surface area (Å²) < 4.78 is 0. The van der Waals surface area contributed by atoms with E-state index >= 15 is 0 Å². The fraction of sp³-hybridized carbons (Fsp3) is 0.623. The predicted molar refractivity (Wildman–Crippen MR) is 396 cm³/mol. The molecule has 620 valence electrons. The van der Waals surface area contributed by atoms with Crippen molar-refractivity contribution in [1.82, 2.24) is 84.4 Å². The number of aliphatic carboxylic acids is 2. The second-order valence-corrected chi connectivity index (χ2v) is 27.2. The number of carboxylic acids is 2. The second kappa shape index (κ2) is 51.6. The van der Waals surface area contributed by atoms with Gasteiger partial charge in [-0.05, 0) is 122 Å². The zero-order valence-corrected chi connectivity index (χ0v) is 63.3. The normalized spacial score (nSPS) is 14.6. The first-order valence-corrected chi connectivity index (χ1v) is 36.5. The molecule has 13 atom stereocenters. The van der Waals surface area contributed by atoms with Gasteiger partial charge in [0.2, 0.25) is 88.6 Å². The van der Waals surface area contributed by atoms with E-state index in [9.17, 15) is 102 Å². The molecular weight excluding hydrogens is 1460 g/mol. The lowest BCUT2D eigenvalue weighted by atomic mass is 10.0. The largest absolute Gasteiger partial charge is 0.481 e. The number of aromatic amines is 1. The smallest absolute Gasteiger partial charge is 0.326 e. The van der Waals surface area contributed by atoms with Crippen LogP contribution in [-0.2, 0) is 94.3 Å². The molecule has 0 unspecified atom stereocenters. The summed E-state index contributed by atoms with van der Waals surface area (Å²) in [4.78, 5) is 233. The molecule has 42 nitrogen and oxygen atoms in total. The monoisotopic (exact) mass is 1570 g/mol. The van der Waals surface area contributed by atoms with E-state index < -0.39 is 231 Å². The molecule has 0 radical (unpaired) electrons. The fourth-order valence-electron chi connectivity index (χ4n) is 10.7. The van der Waals surface area contributed by atoms with Crippen LogP contribution in [0.25, 0.3) is 0 Å². The Morgan fingerprint density at radius 3 is 1.36 bits per heavy atom. The number of aliphatic hydroxyl groups excluding tert-OH is 2. The van der Waals surface area contributed by atoms with Crippen molar-refractivity contribution < 1.29 is 102 Å². The summed E-state index contributed by atoms with van der Waals surface area (Å²) in [6.45, 7) is 5.84. The molecule has 0 fully saturated rings. The molecule has 1 aromatic carbocycles. The Morgan fingerprint density at radius 2 is 0.892 bits per heavy atom. The Balaban J connectivity index is 2.20. The highest BCUT2D eigenvalue weighted by Gasteiger charge is 2.37. The van der Waals surface area contributed by atoms with Crippen LogP contribution < -0.4 is 103 Å². The first-order chi connectivity index (χ1) is 52.4. The van der Waals surface area contributed by atoms with Gasteiger partial charge in [-0.2, -0.15) is 0 Å². The van der Waals surface area contributed by atoms with Gasteiger partial charge in [-0.1, -0.05) is 58.0 Å². The van der Waals surface area contributed by atoms with Gasteiger partial charge in [-0.25, -0.2) is 9.78 Å². The molecule has 42 heteroatoms. The van der Waals surface area contributed by atoms with Crippen molar-refractivity contribution in [2.24, 2.45) is 40.5 Å². The number of benzene rings is 1. The van der Waals surface area contributed by atoms with E-state index in [0.717, 1.165) is 13.8 Å². The van der Waals surface area contributed by atoms with Gasteiger partial charge in [0.05, 0.1) is 51.1 Å². The summed E-state index contributed by atoms with van der Waals surface area (Å²) in [6.07, 6.45) is 1.53. The van der Waals surface area contributed by atoms with E-state index in [4.69, 9.17) is 28.7 Å². The maximum absolute atomic E-state index is 14.2. The van der Waals surface area contributed by atoms with Gasteiger partial charge in [0, 0.05) is 31.2 Å². The van der Waals surface area contributed by atoms with Gasteiger partial charge >= 0.3 is 11.9 Å². The van der Waals surface area contributed by atoms with Crippen molar-refractivity contribution in [3.63, 3.8) is 0 Å². The van der Waals surface area contributed by atoms with Crippen molar-refractivity contribution in [3.05, 3.63) is 54.1 Å². The summed E-state index contributed by atoms with van der Waals surface area (Å²) in [5, 5.41) is 73.2. The van der Waals surface area contributed by atoms with E-state index in [1.807, 2.05) is 0 Å². The number of imidazole rings is 1. The van der Waals surface area contributed by atoms with Crippen molar-refractivity contribution in [1.29, 1.82) is 0 Å². The maximum atomic E-state index is 14.2. The van der Waals surface area contributed by atoms with Crippen LogP contribution in [-0.4, -0.2) is 255 Å². The zero-order chi connectivity index (χ0) is 83.4. The molecule has 111 heavy (non-hydrogen) atoms. The number of hydrogen-bond acceptors (Lipinski definition) is 24. The molecule has 0 aliphatic rings. The van der Waals surface area contributed by atoms with Crippen LogP contribution in [0.2, 0.25) is 0 Å². The molecule has 2 rings (SSSR count). The quantitative estimate of drug-likeness (QED) is 0.0274. The summed E-state index contributed by atoms with van der Waals surface area (Å²) in [7, 11) is 0. The first kappa shape index (κ1) is 96.3. The van der Waals surface area contributed by atoms with Crippen LogP contribution in [0.15, 0.2) is 42.9 Å². The van der Waals surface area contributed by atoms with E-state index in [1.165, 1.54) is 26.4 Å². The Labute approximate surface area is 641 Å². The van der Waals surface area contributed by atoms with Crippen molar-refractivity contribution in [3.8, 4) is 0 Å². The third kappa shape index (κ3) is 37.9. The minimum Gasteiger partial charge on any atom is -0.481 e. The summed E-state index contributed by atoms with van der Waals surface area (Å²) in [5.41, 5.74) is 29.5. The molecule has 0 spiro atoms. The minimum absolute atomic E-state index is 0.0107. The second-order valence-electron chi connectivity index (χ2n) is 27.2. The number of rotatable bonds is 55. The number of nitrogens with two attached hydrogens (primary N) is 5. The van der Waals surface area contributed by atoms with Gasteiger partial charge in [-0.15, -0.1) is 0 Å². The Kier molecular flexibility index (Phi) is 44.7. The number of hydrogen-bond donors (Lipinski definition) is 24. The van der Waals surface area contributed by atoms with Gasteiger partial charge in [-0.3, -0.25) is 76.7 Å². The highest BCUT2D eigenvalue weighted by Crippen LogP contribution is 2.12. The topological polar surface area (TPSA) is 698 Å². The molecule has 0 saturated carbocycles.